The second kappa shape index (κ2) is 41.9. The van der Waals surface area contributed by atoms with Crippen molar-refractivity contribution in [2.45, 2.75) is 55.4 Å². The minimum absolute atomic E-state index is 0. The predicted octanol–water partition coefficient (Wildman–Crippen LogP) is 7.23. The van der Waals surface area contributed by atoms with Gasteiger partial charge in [-0.1, -0.05) is 0 Å². The van der Waals surface area contributed by atoms with Crippen molar-refractivity contribution in [3.8, 4) is 0 Å². The van der Waals surface area contributed by atoms with Crippen molar-refractivity contribution in [2.24, 2.45) is 0 Å². The Hall–Kier alpha value is -2.32. The predicted molar refractivity (Wildman–Crippen MR) is 125 cm³/mol. The van der Waals surface area contributed by atoms with Gasteiger partial charge < -0.3 is 53.2 Å². The zero-order valence-corrected chi connectivity index (χ0v) is 21.2. The second-order valence-corrected chi connectivity index (χ2v) is 5.57. The molecule has 0 rings (SSSR count). The first-order chi connectivity index (χ1) is 14.1. The fourth-order valence-electron chi connectivity index (χ4n) is 2.68. The molecular formula is C16H40CuN14. The van der Waals surface area contributed by atoms with Gasteiger partial charge in [0.15, 0.2) is 0 Å². The summed E-state index contributed by atoms with van der Waals surface area (Å²) in [6.07, 6.45) is 0. The normalized spacial score (nSPS) is 8.00. The van der Waals surface area contributed by atoms with Crippen molar-refractivity contribution in [3.05, 3.63) is 63.9 Å². The fourth-order valence-corrected chi connectivity index (χ4v) is 2.68. The molecule has 0 spiro atoms. The Labute approximate surface area is 197 Å². The quantitative estimate of drug-likeness (QED) is 0.107. The van der Waals surface area contributed by atoms with Crippen LogP contribution >= 0.6 is 0 Å². The van der Waals surface area contributed by atoms with Crippen LogP contribution in [0.5, 0.6) is 0 Å². The van der Waals surface area contributed by atoms with Gasteiger partial charge in [-0.15, -0.1) is 0 Å². The molecule has 0 saturated heterocycles. The third-order valence-corrected chi connectivity index (χ3v) is 5.37. The van der Waals surface area contributed by atoms with Gasteiger partial charge in [0.1, 0.15) is 0 Å². The first kappa shape index (κ1) is 46.8. The van der Waals surface area contributed by atoms with Gasteiger partial charge in [-0.25, -0.2) is 0 Å². The van der Waals surface area contributed by atoms with Crippen LogP contribution in [0.25, 0.3) is 63.9 Å². The molecule has 0 saturated carbocycles. The standard InChI is InChI=1S/2C8H20N.Cu.4N3/c2*1-5-9(6-2,7-3)8-4;;4*1-3-2/h2*5-8H2,1-4H3;;;;;/q2*+1;+2;4*-1. The molecule has 0 fully saturated rings. The molecule has 0 aliphatic rings. The van der Waals surface area contributed by atoms with E-state index in [0.29, 0.717) is 0 Å². The summed E-state index contributed by atoms with van der Waals surface area (Å²) in [4.78, 5) is 6.00. The first-order valence-corrected chi connectivity index (χ1v) is 9.79. The summed E-state index contributed by atoms with van der Waals surface area (Å²) in [6.45, 7) is 28.4. The Balaban J connectivity index is -0.0000000486. The summed E-state index contributed by atoms with van der Waals surface area (Å²) in [5, 5.41) is 0. The molecule has 0 aliphatic heterocycles. The number of rotatable bonds is 8. The van der Waals surface area contributed by atoms with Gasteiger partial charge in [-0.05, 0) is 55.4 Å². The second-order valence-electron chi connectivity index (χ2n) is 5.57. The van der Waals surface area contributed by atoms with E-state index in [2.05, 4.69) is 55.4 Å². The summed E-state index contributed by atoms with van der Waals surface area (Å²) < 4.78 is 2.56. The number of hydrogen-bond donors (Lipinski definition) is 0. The van der Waals surface area contributed by atoms with E-state index < -0.39 is 0 Å². The van der Waals surface area contributed by atoms with E-state index in [4.69, 9.17) is 44.2 Å². The molecule has 0 aliphatic carbocycles. The molecule has 14 nitrogen and oxygen atoms in total. The van der Waals surface area contributed by atoms with Gasteiger partial charge in [0.25, 0.3) is 0 Å². The summed E-state index contributed by atoms with van der Waals surface area (Å²) in [5.74, 6) is 0. The van der Waals surface area contributed by atoms with E-state index in [-0.39, 0.29) is 17.1 Å². The van der Waals surface area contributed by atoms with Gasteiger partial charge in [0.05, 0.1) is 52.4 Å². The van der Waals surface area contributed by atoms with Gasteiger partial charge in [-0.2, -0.15) is 0 Å². The Morgan fingerprint density at radius 2 is 0.419 bits per heavy atom. The fraction of sp³-hybridized carbons (Fsp3) is 1.00. The van der Waals surface area contributed by atoms with Crippen molar-refractivity contribution < 1.29 is 26.0 Å². The summed E-state index contributed by atoms with van der Waals surface area (Å²) in [7, 11) is 0. The smallest absolute Gasteiger partial charge is 0.373 e. The molecule has 0 aromatic carbocycles. The van der Waals surface area contributed by atoms with Crippen LogP contribution in [0.3, 0.4) is 0 Å². The molecule has 0 aromatic rings. The Morgan fingerprint density at radius 3 is 0.419 bits per heavy atom. The molecule has 0 amide bonds. The van der Waals surface area contributed by atoms with E-state index in [1.165, 1.54) is 81.0 Å². The van der Waals surface area contributed by atoms with E-state index in [1.54, 1.807) is 0 Å². The van der Waals surface area contributed by atoms with Crippen LogP contribution in [-0.4, -0.2) is 61.3 Å². The molecule has 185 valence electrons. The van der Waals surface area contributed by atoms with Gasteiger partial charge in [0, 0.05) is 0 Å². The van der Waals surface area contributed by atoms with E-state index in [1.807, 2.05) is 0 Å². The molecule has 0 heterocycles. The summed E-state index contributed by atoms with van der Waals surface area (Å²) >= 11 is 0. The molecule has 0 N–H and O–H groups in total. The van der Waals surface area contributed by atoms with E-state index in [0.717, 1.165) is 0 Å². The molecule has 0 atom stereocenters. The maximum Gasteiger partial charge on any atom is 2.00 e. The van der Waals surface area contributed by atoms with Crippen LogP contribution in [-0.2, 0) is 17.1 Å². The van der Waals surface area contributed by atoms with Crippen molar-refractivity contribution >= 4 is 0 Å². The zero-order chi connectivity index (χ0) is 25.5. The van der Waals surface area contributed by atoms with Crippen LogP contribution < -0.4 is 0 Å². The molecule has 15 heteroatoms. The average molecular weight is 492 g/mol. The third kappa shape index (κ3) is 38.8. The molecule has 31 heavy (non-hydrogen) atoms. The van der Waals surface area contributed by atoms with Crippen molar-refractivity contribution in [2.75, 3.05) is 52.4 Å². The number of hydrogen-bond acceptors (Lipinski definition) is 0. The van der Waals surface area contributed by atoms with E-state index in [9.17, 15) is 0 Å². The Morgan fingerprint density at radius 1 is 0.355 bits per heavy atom. The van der Waals surface area contributed by atoms with Crippen LogP contribution in [0.1, 0.15) is 55.4 Å². The van der Waals surface area contributed by atoms with Gasteiger partial charge in [0.2, 0.25) is 0 Å². The van der Waals surface area contributed by atoms with Crippen molar-refractivity contribution in [3.63, 3.8) is 0 Å². The van der Waals surface area contributed by atoms with Crippen LogP contribution in [0.15, 0.2) is 0 Å². The SMILES string of the molecule is CC[N+](CC)(CC)CC.CC[N+](CC)(CC)CC.[Cu+2].[N-]=[N+]=[N-].[N-]=[N+]=[N-].[N-]=[N+]=[N-].[N-]=[N+]=[N-]. The minimum atomic E-state index is 0. The van der Waals surface area contributed by atoms with Crippen molar-refractivity contribution in [1.82, 2.24) is 0 Å². The van der Waals surface area contributed by atoms with Gasteiger partial charge >= 0.3 is 17.1 Å². The minimum Gasteiger partial charge on any atom is -0.373 e. The maximum atomic E-state index is 6.75. The Bertz CT molecular complexity index is 362. The third-order valence-electron chi connectivity index (χ3n) is 5.37. The zero-order valence-electron chi connectivity index (χ0n) is 20.2. The molecule has 0 unspecified atom stereocenters. The van der Waals surface area contributed by atoms with Crippen molar-refractivity contribution in [1.29, 1.82) is 0 Å². The summed E-state index contributed by atoms with van der Waals surface area (Å²) in [5.41, 5.74) is 54.0. The average Bonchev–Trinajstić information content (AvgIpc) is 2.75. The van der Waals surface area contributed by atoms with E-state index >= 15 is 0 Å². The van der Waals surface area contributed by atoms with Crippen LogP contribution in [0.2, 0.25) is 0 Å². The summed E-state index contributed by atoms with van der Waals surface area (Å²) in [6, 6.07) is 0. The van der Waals surface area contributed by atoms with Gasteiger partial charge in [-0.3, -0.25) is 19.6 Å². The molecule has 0 bridgehead atoms. The van der Waals surface area contributed by atoms with Crippen LogP contribution in [0.4, 0.5) is 0 Å². The topological polar surface area (TPSA) is 235 Å². The largest absolute Gasteiger partial charge is 2.00 e. The molecular weight excluding hydrogens is 452 g/mol. The first-order valence-electron chi connectivity index (χ1n) is 9.79. The number of nitrogens with zero attached hydrogens (tertiary/aromatic N) is 14. The maximum absolute atomic E-state index is 6.75. The molecule has 1 radical (unpaired) electrons. The van der Waals surface area contributed by atoms with Crippen LogP contribution in [0, 0.1) is 0 Å². The number of quaternary nitrogens is 2. The monoisotopic (exact) mass is 491 g/mol. The molecule has 0 aromatic heterocycles. The Kier molecular flexibility index (Phi) is 63.2.